The second-order valence-electron chi connectivity index (χ2n) is 5.75. The summed E-state index contributed by atoms with van der Waals surface area (Å²) in [4.78, 5) is 22.2. The first-order chi connectivity index (χ1) is 12.0. The third-order valence-corrected chi connectivity index (χ3v) is 4.31. The van der Waals surface area contributed by atoms with Gasteiger partial charge in [-0.2, -0.15) is 5.26 Å². The highest BCUT2D eigenvalue weighted by Gasteiger charge is 2.28. The van der Waals surface area contributed by atoms with E-state index in [4.69, 9.17) is 25.0 Å². The van der Waals surface area contributed by atoms with Crippen molar-refractivity contribution >= 4 is 17.8 Å². The maximum atomic E-state index is 11.2. The molecule has 0 aromatic heterocycles. The summed E-state index contributed by atoms with van der Waals surface area (Å²) in [5.41, 5.74) is 0. The maximum Gasteiger partial charge on any atom is 0.150 e. The van der Waals surface area contributed by atoms with Crippen LogP contribution in [-0.2, 0) is 19.1 Å². The van der Waals surface area contributed by atoms with E-state index in [0.717, 1.165) is 20.0 Å². The Morgan fingerprint density at radius 2 is 1.58 bits per heavy atom. The number of oxime groups is 1. The summed E-state index contributed by atoms with van der Waals surface area (Å²) in [6, 6.07) is 1.99. The van der Waals surface area contributed by atoms with E-state index in [1.807, 2.05) is 6.07 Å². The Kier molecular flexibility index (Phi) is 15.7. The Morgan fingerprint density at radius 3 is 2.04 bits per heavy atom. The van der Waals surface area contributed by atoms with Crippen LogP contribution in [0.5, 0.6) is 0 Å². The first kappa shape index (κ1) is 26.4. The normalized spacial score (nSPS) is 28.0. The molecule has 8 heteroatoms. The Labute approximate surface area is 155 Å². The second kappa shape index (κ2) is 15.4. The molecule has 2 saturated carbocycles. The molecule has 150 valence electrons. The molecule has 2 N–H and O–H groups in total. The van der Waals surface area contributed by atoms with E-state index in [-0.39, 0.29) is 37.1 Å². The Hall–Kier alpha value is -1.82. The van der Waals surface area contributed by atoms with Crippen LogP contribution in [0, 0.1) is 23.2 Å². The molecule has 4 atom stereocenters. The number of aliphatic hydroxyl groups is 1. The zero-order valence-electron chi connectivity index (χ0n) is 15.1. The number of methoxy groups -OCH3 is 2. The van der Waals surface area contributed by atoms with Crippen LogP contribution >= 0.6 is 0 Å². The third kappa shape index (κ3) is 9.04. The van der Waals surface area contributed by atoms with Crippen molar-refractivity contribution in [1.29, 1.82) is 5.26 Å². The lowest BCUT2D eigenvalue weighted by atomic mass is 9.87. The van der Waals surface area contributed by atoms with Crippen LogP contribution in [0.4, 0.5) is 0 Å². The van der Waals surface area contributed by atoms with Gasteiger partial charge < -0.3 is 19.8 Å². The first-order valence-electron chi connectivity index (χ1n) is 8.18. The summed E-state index contributed by atoms with van der Waals surface area (Å²) in [6.45, 7) is 0. The Balaban J connectivity index is 0. The summed E-state index contributed by atoms with van der Waals surface area (Å²) >= 11 is 0. The van der Waals surface area contributed by atoms with E-state index >= 15 is 0 Å². The highest BCUT2D eigenvalue weighted by Crippen LogP contribution is 2.22. The molecule has 0 amide bonds. The Bertz CT molecular complexity index is 475. The molecule has 0 aliphatic heterocycles. The van der Waals surface area contributed by atoms with Gasteiger partial charge in [-0.1, -0.05) is 7.43 Å². The molecule has 0 heterocycles. The standard InChI is InChI=1S/C8H13NO3.C8H11NO2.CH4O.CH4/c1-12-7-2-3-8(10)6(4-7)5-9-11;1-11-7-2-3-8(10)6(4-7)5-9;1-2;/h5-7,11H,2-4H2,1H3;6-7H,2-4H2,1H3;2H,1H3;1H4/b9-5-;;;. The maximum absolute atomic E-state index is 11.2. The summed E-state index contributed by atoms with van der Waals surface area (Å²) in [7, 11) is 4.25. The van der Waals surface area contributed by atoms with Gasteiger partial charge in [-0.25, -0.2) is 0 Å². The molecule has 4 unspecified atom stereocenters. The minimum atomic E-state index is -0.423. The molecule has 0 spiro atoms. The number of hydrogen-bond donors (Lipinski definition) is 2. The summed E-state index contributed by atoms with van der Waals surface area (Å²) in [5.74, 6) is -0.468. The van der Waals surface area contributed by atoms with Gasteiger partial charge >= 0.3 is 0 Å². The van der Waals surface area contributed by atoms with E-state index in [1.165, 1.54) is 6.21 Å². The fraction of sp³-hybridized carbons (Fsp3) is 0.778. The number of Topliss-reactive ketones (excluding diaryl/α,β-unsaturated/α-hetero) is 2. The largest absolute Gasteiger partial charge is 0.411 e. The van der Waals surface area contributed by atoms with Gasteiger partial charge in [0.25, 0.3) is 0 Å². The molecule has 2 aliphatic carbocycles. The van der Waals surface area contributed by atoms with Crippen molar-refractivity contribution in [2.75, 3.05) is 21.3 Å². The highest BCUT2D eigenvalue weighted by molar-refractivity contribution is 5.95. The van der Waals surface area contributed by atoms with Crippen LogP contribution in [-0.4, -0.2) is 61.6 Å². The number of carbonyl (C=O) groups excluding carboxylic acids is 2. The SMILES string of the molecule is C.CO.COC1CCC(=O)C(/C=N\O)C1.COC1CCC(=O)C(C#N)C1. The fourth-order valence-corrected chi connectivity index (χ4v) is 2.79. The third-order valence-electron chi connectivity index (χ3n) is 4.31. The minimum Gasteiger partial charge on any atom is -0.411 e. The van der Waals surface area contributed by atoms with Crippen LogP contribution in [0.1, 0.15) is 46.0 Å². The molecule has 0 aromatic carbocycles. The molecule has 2 aliphatic rings. The summed E-state index contributed by atoms with van der Waals surface area (Å²) in [6.07, 6.45) is 5.31. The molecular formula is C18H32N2O6. The van der Waals surface area contributed by atoms with Gasteiger partial charge in [0, 0.05) is 34.2 Å². The van der Waals surface area contributed by atoms with Crippen molar-refractivity contribution in [2.24, 2.45) is 17.0 Å². The Morgan fingerprint density at radius 1 is 1.08 bits per heavy atom. The van der Waals surface area contributed by atoms with Crippen LogP contribution in [0.3, 0.4) is 0 Å². The van der Waals surface area contributed by atoms with Gasteiger partial charge in [-0.15, -0.1) is 5.16 Å². The van der Waals surface area contributed by atoms with E-state index in [1.54, 1.807) is 14.2 Å². The molecule has 0 radical (unpaired) electrons. The molecular weight excluding hydrogens is 340 g/mol. The zero-order valence-corrected chi connectivity index (χ0v) is 15.1. The van der Waals surface area contributed by atoms with Crippen LogP contribution < -0.4 is 0 Å². The van der Waals surface area contributed by atoms with Crippen molar-refractivity contribution in [3.05, 3.63) is 0 Å². The van der Waals surface area contributed by atoms with Crippen LogP contribution in [0.15, 0.2) is 5.16 Å². The van der Waals surface area contributed by atoms with E-state index in [0.29, 0.717) is 25.7 Å². The van der Waals surface area contributed by atoms with Gasteiger partial charge in [0.15, 0.2) is 0 Å². The quantitative estimate of drug-likeness (QED) is 0.440. The number of ether oxygens (including phenoxy) is 2. The predicted octanol–water partition coefficient (Wildman–Crippen LogP) is 1.97. The van der Waals surface area contributed by atoms with Crippen LogP contribution in [0.2, 0.25) is 0 Å². The second-order valence-corrected chi connectivity index (χ2v) is 5.75. The number of carbonyl (C=O) groups is 2. The lowest BCUT2D eigenvalue weighted by Crippen LogP contribution is -2.30. The molecule has 8 nitrogen and oxygen atoms in total. The van der Waals surface area contributed by atoms with Gasteiger partial charge in [0.1, 0.15) is 17.5 Å². The minimum absolute atomic E-state index is 0. The van der Waals surface area contributed by atoms with E-state index < -0.39 is 5.92 Å². The number of rotatable bonds is 3. The number of nitrogens with zero attached hydrogens (tertiary/aromatic N) is 2. The smallest absolute Gasteiger partial charge is 0.150 e. The molecule has 26 heavy (non-hydrogen) atoms. The average Bonchev–Trinajstić information content (AvgIpc) is 2.66. The summed E-state index contributed by atoms with van der Waals surface area (Å²) in [5, 5.41) is 26.7. The van der Waals surface area contributed by atoms with Crippen molar-refractivity contribution in [2.45, 2.75) is 58.2 Å². The predicted molar refractivity (Wildman–Crippen MR) is 97.1 cm³/mol. The number of ketones is 2. The lowest BCUT2D eigenvalue weighted by Gasteiger charge is -2.23. The molecule has 2 rings (SSSR count). The van der Waals surface area contributed by atoms with E-state index in [2.05, 4.69) is 5.16 Å². The van der Waals surface area contributed by atoms with Crippen molar-refractivity contribution in [3.63, 3.8) is 0 Å². The van der Waals surface area contributed by atoms with Crippen LogP contribution in [0.25, 0.3) is 0 Å². The topological polar surface area (TPSA) is 129 Å². The number of nitriles is 1. The first-order valence-corrected chi connectivity index (χ1v) is 8.18. The molecule has 0 aromatic rings. The van der Waals surface area contributed by atoms with Crippen molar-refractivity contribution in [1.82, 2.24) is 0 Å². The fourth-order valence-electron chi connectivity index (χ4n) is 2.79. The summed E-state index contributed by atoms with van der Waals surface area (Å²) < 4.78 is 10.2. The number of aliphatic hydroxyl groups excluding tert-OH is 1. The van der Waals surface area contributed by atoms with Gasteiger partial charge in [0.05, 0.1) is 30.4 Å². The van der Waals surface area contributed by atoms with Gasteiger partial charge in [-0.05, 0) is 25.7 Å². The zero-order chi connectivity index (χ0) is 19.2. The van der Waals surface area contributed by atoms with Crippen molar-refractivity contribution < 1.29 is 29.4 Å². The molecule has 2 fully saturated rings. The average molecular weight is 372 g/mol. The highest BCUT2D eigenvalue weighted by atomic mass is 16.5. The van der Waals surface area contributed by atoms with Crippen molar-refractivity contribution in [3.8, 4) is 6.07 Å². The van der Waals surface area contributed by atoms with Gasteiger partial charge in [0.2, 0.25) is 0 Å². The monoisotopic (exact) mass is 372 g/mol. The molecule has 0 bridgehead atoms. The van der Waals surface area contributed by atoms with E-state index in [9.17, 15) is 9.59 Å². The van der Waals surface area contributed by atoms with Gasteiger partial charge in [-0.3, -0.25) is 9.59 Å². The lowest BCUT2D eigenvalue weighted by molar-refractivity contribution is -0.125. The molecule has 0 saturated heterocycles. The number of hydrogen-bond acceptors (Lipinski definition) is 8.